The smallest absolute Gasteiger partial charge is 0.229 e. The molecule has 0 radical (unpaired) electrons. The van der Waals surface area contributed by atoms with E-state index in [2.05, 4.69) is 0 Å². The van der Waals surface area contributed by atoms with E-state index in [0.717, 1.165) is 12.1 Å². The Morgan fingerprint density at radius 3 is 2.40 bits per heavy atom. The van der Waals surface area contributed by atoms with Crippen LogP contribution in [0.3, 0.4) is 0 Å². The zero-order valence-corrected chi connectivity index (χ0v) is 15.3. The summed E-state index contributed by atoms with van der Waals surface area (Å²) in [5, 5.41) is 59.1. The molecule has 0 saturated carbocycles. The molecule has 158 valence electrons. The van der Waals surface area contributed by atoms with Gasteiger partial charge in [-0.3, -0.25) is 4.79 Å². The summed E-state index contributed by atoms with van der Waals surface area (Å²) >= 11 is 0. The normalized spacial score (nSPS) is 24.1. The van der Waals surface area contributed by atoms with Crippen molar-refractivity contribution in [1.29, 1.82) is 0 Å². The van der Waals surface area contributed by atoms with Crippen LogP contribution in [0.4, 0.5) is 0 Å². The fourth-order valence-corrected chi connectivity index (χ4v) is 3.14. The molecule has 0 bridgehead atoms. The second kappa shape index (κ2) is 7.50. The van der Waals surface area contributed by atoms with Crippen LogP contribution in [-0.4, -0.2) is 61.8 Å². The van der Waals surface area contributed by atoms with Crippen LogP contribution in [0.1, 0.15) is 0 Å². The van der Waals surface area contributed by atoms with Gasteiger partial charge in [-0.2, -0.15) is 0 Å². The average Bonchev–Trinajstić information content (AvgIpc) is 2.70. The maximum Gasteiger partial charge on any atom is 0.229 e. The number of hydrogen-bond acceptors (Lipinski definition) is 10. The number of rotatable bonds is 3. The van der Waals surface area contributed by atoms with Crippen molar-refractivity contribution in [1.82, 2.24) is 0 Å². The molecule has 1 fully saturated rings. The van der Waals surface area contributed by atoms with E-state index in [0.29, 0.717) is 0 Å². The Labute approximate surface area is 168 Å². The Kier molecular flexibility index (Phi) is 5.00. The molecule has 0 spiro atoms. The quantitative estimate of drug-likeness (QED) is 0.326. The molecule has 1 aliphatic carbocycles. The Bertz CT molecular complexity index is 1110. The molecule has 1 aromatic carbocycles. The number of ether oxygens (including phenoxy) is 2. The molecule has 30 heavy (non-hydrogen) atoms. The Balaban J connectivity index is 1.85. The number of phenols is 3. The van der Waals surface area contributed by atoms with Crippen molar-refractivity contribution in [2.24, 2.45) is 0 Å². The number of phenolic OH excluding ortho intramolecular Hbond substituents is 3. The zero-order chi connectivity index (χ0) is 21.6. The van der Waals surface area contributed by atoms with Crippen LogP contribution in [0, 0.1) is 0 Å². The van der Waals surface area contributed by atoms with Gasteiger partial charge in [0.25, 0.3) is 0 Å². The molecule has 10 heteroatoms. The molecule has 0 aromatic heterocycles. The molecule has 1 aromatic rings. The van der Waals surface area contributed by atoms with E-state index < -0.39 is 35.8 Å². The minimum Gasteiger partial charge on any atom is -0.507 e. The molecule has 6 N–H and O–H groups in total. The van der Waals surface area contributed by atoms with E-state index in [1.807, 2.05) is 0 Å². The van der Waals surface area contributed by atoms with Gasteiger partial charge in [0, 0.05) is 17.7 Å². The summed E-state index contributed by atoms with van der Waals surface area (Å²) in [6, 6.07) is 7.27. The van der Waals surface area contributed by atoms with E-state index >= 15 is 0 Å². The number of hydrogen-bond donors (Lipinski definition) is 6. The lowest BCUT2D eigenvalue weighted by atomic mass is 10.0. The highest BCUT2D eigenvalue weighted by Gasteiger charge is 2.39. The third-order valence-corrected chi connectivity index (χ3v) is 4.74. The minimum atomic E-state index is -1.59. The van der Waals surface area contributed by atoms with Crippen LogP contribution in [0.2, 0.25) is 0 Å². The molecule has 2 heterocycles. The van der Waals surface area contributed by atoms with Crippen molar-refractivity contribution in [2.75, 3.05) is 6.61 Å². The van der Waals surface area contributed by atoms with Gasteiger partial charge in [0.1, 0.15) is 29.8 Å². The Morgan fingerprint density at radius 1 is 0.900 bits per heavy atom. The number of aromatic hydroxyl groups is 3. The molecule has 4 rings (SSSR count). The standard InChI is InChI=1S/C20H18O10/c21-9-4-12(23)10-6-16(30-20-18(27)17(26)14(25)7-28-20)19(29-15(10)5-9)8-1-2-11(22)13(24)3-8/h1-6,14,17-18,20,22-27H,7H2/t14-,17-,18+,20-/m0/s1. The molecule has 1 saturated heterocycles. The van der Waals surface area contributed by atoms with Gasteiger partial charge in [-0.05, 0) is 24.3 Å². The first kappa shape index (κ1) is 20.0. The van der Waals surface area contributed by atoms with Crippen LogP contribution in [-0.2, 0) is 4.74 Å². The van der Waals surface area contributed by atoms with E-state index in [1.54, 1.807) is 0 Å². The SMILES string of the molecule is O=c1cc2oc(-c3ccc(O)c(O)c3)c(O[C@@H]3OC[C@H](O)[C@H](O)[C@H]3O)cc-2c(O)c1. The second-order valence-corrected chi connectivity index (χ2v) is 6.87. The zero-order valence-electron chi connectivity index (χ0n) is 15.3. The first-order valence-electron chi connectivity index (χ1n) is 8.90. The molecule has 3 aliphatic rings. The molecule has 0 unspecified atom stereocenters. The maximum absolute atomic E-state index is 11.7. The highest BCUT2D eigenvalue weighted by molar-refractivity contribution is 5.75. The van der Waals surface area contributed by atoms with Crippen molar-refractivity contribution in [3.63, 3.8) is 0 Å². The highest BCUT2D eigenvalue weighted by atomic mass is 16.7. The van der Waals surface area contributed by atoms with Crippen molar-refractivity contribution >= 4 is 0 Å². The van der Waals surface area contributed by atoms with Gasteiger partial charge < -0.3 is 44.5 Å². The van der Waals surface area contributed by atoms with Gasteiger partial charge in [-0.1, -0.05) is 0 Å². The summed E-state index contributed by atoms with van der Waals surface area (Å²) in [7, 11) is 0. The van der Waals surface area contributed by atoms with Crippen LogP contribution in [0.15, 0.2) is 45.6 Å². The fourth-order valence-electron chi connectivity index (χ4n) is 3.14. The summed E-state index contributed by atoms with van der Waals surface area (Å²) in [4.78, 5) is 11.7. The summed E-state index contributed by atoms with van der Waals surface area (Å²) in [6.07, 6.45) is -5.79. The number of aliphatic hydroxyl groups excluding tert-OH is 3. The van der Waals surface area contributed by atoms with E-state index in [1.165, 1.54) is 24.3 Å². The third kappa shape index (κ3) is 3.53. The minimum absolute atomic E-state index is 0.0146. The van der Waals surface area contributed by atoms with Crippen LogP contribution < -0.4 is 10.2 Å². The summed E-state index contributed by atoms with van der Waals surface area (Å²) < 4.78 is 16.6. The first-order valence-corrected chi connectivity index (χ1v) is 8.90. The van der Waals surface area contributed by atoms with Gasteiger partial charge in [0.15, 0.2) is 28.4 Å². The lowest BCUT2D eigenvalue weighted by Gasteiger charge is -2.35. The van der Waals surface area contributed by atoms with Crippen LogP contribution in [0.5, 0.6) is 23.0 Å². The topological polar surface area (TPSA) is 170 Å². The van der Waals surface area contributed by atoms with Crippen molar-refractivity contribution in [3.8, 4) is 45.6 Å². The molecule has 2 aliphatic heterocycles. The van der Waals surface area contributed by atoms with Crippen molar-refractivity contribution in [2.45, 2.75) is 24.6 Å². The maximum atomic E-state index is 11.7. The van der Waals surface area contributed by atoms with Gasteiger partial charge in [0.05, 0.1) is 12.2 Å². The van der Waals surface area contributed by atoms with Gasteiger partial charge >= 0.3 is 0 Å². The Morgan fingerprint density at radius 2 is 1.67 bits per heavy atom. The molecular weight excluding hydrogens is 400 g/mol. The fraction of sp³-hybridized carbons (Fsp3) is 0.250. The third-order valence-electron chi connectivity index (χ3n) is 4.74. The summed E-state index contributed by atoms with van der Waals surface area (Å²) in [6.45, 7) is -0.298. The van der Waals surface area contributed by atoms with E-state index in [9.17, 15) is 35.4 Å². The predicted octanol–water partition coefficient (Wildman–Crippen LogP) is 0.346. The van der Waals surface area contributed by atoms with Crippen LogP contribution >= 0.6 is 0 Å². The van der Waals surface area contributed by atoms with Gasteiger partial charge in [-0.15, -0.1) is 0 Å². The lowest BCUT2D eigenvalue weighted by Crippen LogP contribution is -2.54. The van der Waals surface area contributed by atoms with Gasteiger partial charge in [0.2, 0.25) is 6.29 Å². The van der Waals surface area contributed by atoms with E-state index in [4.69, 9.17) is 13.9 Å². The lowest BCUT2D eigenvalue weighted by molar-refractivity contribution is -0.242. The highest BCUT2D eigenvalue weighted by Crippen LogP contribution is 2.42. The van der Waals surface area contributed by atoms with Crippen LogP contribution in [0.25, 0.3) is 22.6 Å². The average molecular weight is 418 g/mol. The van der Waals surface area contributed by atoms with Crippen molar-refractivity contribution < 1.29 is 44.5 Å². The van der Waals surface area contributed by atoms with E-state index in [-0.39, 0.29) is 46.5 Å². The number of benzene rings is 2. The van der Waals surface area contributed by atoms with Gasteiger partial charge in [-0.25, -0.2) is 0 Å². The molecular formula is C20H18O10. The number of aliphatic hydroxyl groups is 3. The predicted molar refractivity (Wildman–Crippen MR) is 100 cm³/mol. The largest absolute Gasteiger partial charge is 0.507 e. The molecule has 4 atom stereocenters. The molecule has 10 nitrogen and oxygen atoms in total. The molecule has 0 amide bonds. The summed E-state index contributed by atoms with van der Waals surface area (Å²) in [5.74, 6) is -1.23. The summed E-state index contributed by atoms with van der Waals surface area (Å²) in [5.41, 5.74) is -0.133. The first-order chi connectivity index (χ1) is 14.2. The Hall–Kier alpha value is -3.31. The van der Waals surface area contributed by atoms with Crippen molar-refractivity contribution in [3.05, 3.63) is 46.6 Å². The second-order valence-electron chi connectivity index (χ2n) is 6.87. The monoisotopic (exact) mass is 418 g/mol. The number of fused-ring (bicyclic) bond motifs is 1.